The number of aromatic nitrogens is 1. The highest BCUT2D eigenvalue weighted by Crippen LogP contribution is 2.32. The van der Waals surface area contributed by atoms with Gasteiger partial charge in [-0.25, -0.2) is 5.14 Å². The van der Waals surface area contributed by atoms with Crippen molar-refractivity contribution in [1.82, 2.24) is 4.98 Å². The molecular formula is C19H18ClN3O3S. The molecule has 3 aromatic rings. The van der Waals surface area contributed by atoms with E-state index in [-0.39, 0.29) is 17.4 Å². The van der Waals surface area contributed by atoms with E-state index >= 15 is 0 Å². The van der Waals surface area contributed by atoms with Gasteiger partial charge < -0.3 is 4.98 Å². The van der Waals surface area contributed by atoms with Gasteiger partial charge in [0.2, 0.25) is 5.78 Å². The fraction of sp³-hybridized carbons (Fsp3) is 0.105. The van der Waals surface area contributed by atoms with E-state index in [2.05, 4.69) is 9.71 Å². The van der Waals surface area contributed by atoms with Crippen LogP contribution in [0.2, 0.25) is 5.02 Å². The average molecular weight is 404 g/mol. The Labute approximate surface area is 162 Å². The molecule has 2 aromatic carbocycles. The molecule has 0 saturated carbocycles. The minimum absolute atomic E-state index is 0.0900. The molecule has 0 fully saturated rings. The van der Waals surface area contributed by atoms with E-state index in [0.717, 1.165) is 11.3 Å². The molecule has 0 saturated heterocycles. The van der Waals surface area contributed by atoms with Crippen molar-refractivity contribution in [3.8, 4) is 0 Å². The first-order valence-corrected chi connectivity index (χ1v) is 10.1. The van der Waals surface area contributed by atoms with Crippen LogP contribution in [-0.2, 0) is 10.2 Å². The largest absolute Gasteiger partial charge is 0.355 e. The number of rotatable bonds is 6. The molecule has 0 aliphatic rings. The fourth-order valence-electron chi connectivity index (χ4n) is 2.82. The summed E-state index contributed by atoms with van der Waals surface area (Å²) >= 11 is 6.31. The van der Waals surface area contributed by atoms with Crippen LogP contribution in [0.5, 0.6) is 0 Å². The van der Waals surface area contributed by atoms with E-state index < -0.39 is 10.2 Å². The zero-order chi connectivity index (χ0) is 19.6. The summed E-state index contributed by atoms with van der Waals surface area (Å²) in [4.78, 5) is 15.7. The number of nitrogens with one attached hydrogen (secondary N) is 2. The van der Waals surface area contributed by atoms with Crippen molar-refractivity contribution in [2.24, 2.45) is 5.14 Å². The van der Waals surface area contributed by atoms with Gasteiger partial charge in [0.1, 0.15) is 0 Å². The maximum atomic E-state index is 12.5. The van der Waals surface area contributed by atoms with E-state index in [4.69, 9.17) is 16.7 Å². The third kappa shape index (κ3) is 4.57. The zero-order valence-corrected chi connectivity index (χ0v) is 16.0. The van der Waals surface area contributed by atoms with Crippen molar-refractivity contribution >= 4 is 33.3 Å². The number of hydrogen-bond donors (Lipinski definition) is 3. The van der Waals surface area contributed by atoms with Gasteiger partial charge in [0.25, 0.3) is 10.2 Å². The Balaban J connectivity index is 1.84. The monoisotopic (exact) mass is 403 g/mol. The number of carbonyl (C=O) groups excluding carboxylic acids is 1. The van der Waals surface area contributed by atoms with Crippen molar-refractivity contribution in [3.05, 3.63) is 88.2 Å². The summed E-state index contributed by atoms with van der Waals surface area (Å²) in [7, 11) is -3.86. The number of carbonyl (C=O) groups is 1. The standard InChI is InChI=1S/C19H18ClN3O3S/c1-12(15-8-7-14(11-16(15)20)23-27(21,25)26)17-9-10-18(22-17)19(24)13-5-3-2-4-6-13/h2-12,22-23H,1H3,(H2,21,25,26). The molecule has 0 aliphatic carbocycles. The van der Waals surface area contributed by atoms with Crippen LogP contribution in [0.4, 0.5) is 5.69 Å². The van der Waals surface area contributed by atoms with E-state index in [1.807, 2.05) is 31.2 Å². The number of halogens is 1. The predicted molar refractivity (Wildman–Crippen MR) is 106 cm³/mol. The smallest absolute Gasteiger partial charge is 0.296 e. The Hall–Kier alpha value is -2.61. The Morgan fingerprint density at radius 3 is 2.44 bits per heavy atom. The first-order chi connectivity index (χ1) is 12.7. The fourth-order valence-corrected chi connectivity index (χ4v) is 3.62. The third-order valence-corrected chi connectivity index (χ3v) is 5.03. The lowest BCUT2D eigenvalue weighted by Gasteiger charge is -2.14. The summed E-state index contributed by atoms with van der Waals surface area (Å²) in [6.07, 6.45) is 0. The lowest BCUT2D eigenvalue weighted by Crippen LogP contribution is -2.21. The SMILES string of the molecule is CC(c1ccc(C(=O)c2ccccc2)[nH]1)c1ccc(NS(N)(=O)=O)cc1Cl. The summed E-state index contributed by atoms with van der Waals surface area (Å²) in [5, 5.41) is 5.36. The molecule has 1 aromatic heterocycles. The summed E-state index contributed by atoms with van der Waals surface area (Å²) in [6.45, 7) is 1.94. The van der Waals surface area contributed by atoms with Gasteiger partial charge in [-0.05, 0) is 29.8 Å². The molecule has 0 spiro atoms. The Morgan fingerprint density at radius 2 is 1.81 bits per heavy atom. The van der Waals surface area contributed by atoms with E-state index in [1.54, 1.807) is 30.3 Å². The maximum absolute atomic E-state index is 12.5. The second kappa shape index (κ2) is 7.56. The van der Waals surface area contributed by atoms with Crippen LogP contribution in [0, 0.1) is 0 Å². The summed E-state index contributed by atoms with van der Waals surface area (Å²) < 4.78 is 24.4. The normalized spacial score (nSPS) is 12.6. The second-order valence-electron chi connectivity index (χ2n) is 6.13. The quantitative estimate of drug-likeness (QED) is 0.547. The predicted octanol–water partition coefficient (Wildman–Crippen LogP) is 3.67. The molecular weight excluding hydrogens is 386 g/mol. The van der Waals surface area contributed by atoms with Crippen LogP contribution in [0.15, 0.2) is 60.7 Å². The Morgan fingerprint density at radius 1 is 1.11 bits per heavy atom. The Kier molecular flexibility index (Phi) is 5.36. The molecule has 140 valence electrons. The van der Waals surface area contributed by atoms with Crippen molar-refractivity contribution in [1.29, 1.82) is 0 Å². The van der Waals surface area contributed by atoms with E-state index in [9.17, 15) is 13.2 Å². The number of aromatic amines is 1. The van der Waals surface area contributed by atoms with Crippen LogP contribution in [0.1, 0.15) is 40.2 Å². The van der Waals surface area contributed by atoms with Crippen LogP contribution >= 0.6 is 11.6 Å². The number of anilines is 1. The third-order valence-electron chi connectivity index (χ3n) is 4.18. The van der Waals surface area contributed by atoms with Gasteiger partial charge in [0.15, 0.2) is 0 Å². The summed E-state index contributed by atoms with van der Waals surface area (Å²) in [5.74, 6) is -0.216. The second-order valence-corrected chi connectivity index (χ2v) is 7.83. The number of H-pyrrole nitrogens is 1. The highest BCUT2D eigenvalue weighted by atomic mass is 35.5. The molecule has 1 heterocycles. The molecule has 0 radical (unpaired) electrons. The highest BCUT2D eigenvalue weighted by molar-refractivity contribution is 7.90. The number of nitrogens with two attached hydrogens (primary N) is 1. The molecule has 0 bridgehead atoms. The molecule has 8 heteroatoms. The minimum Gasteiger partial charge on any atom is -0.355 e. The van der Waals surface area contributed by atoms with Crippen molar-refractivity contribution < 1.29 is 13.2 Å². The maximum Gasteiger partial charge on any atom is 0.296 e. The number of ketones is 1. The van der Waals surface area contributed by atoms with Gasteiger partial charge in [-0.2, -0.15) is 8.42 Å². The van der Waals surface area contributed by atoms with Crippen molar-refractivity contribution in [2.75, 3.05) is 4.72 Å². The van der Waals surface area contributed by atoms with E-state index in [0.29, 0.717) is 16.3 Å². The van der Waals surface area contributed by atoms with Gasteiger partial charge in [0, 0.05) is 22.2 Å². The first-order valence-electron chi connectivity index (χ1n) is 8.13. The Bertz CT molecular complexity index is 1080. The number of benzene rings is 2. The molecule has 4 N–H and O–H groups in total. The minimum atomic E-state index is -3.86. The van der Waals surface area contributed by atoms with Crippen LogP contribution in [0.25, 0.3) is 0 Å². The zero-order valence-electron chi connectivity index (χ0n) is 14.4. The number of hydrogen-bond acceptors (Lipinski definition) is 3. The van der Waals surface area contributed by atoms with Crippen molar-refractivity contribution in [3.63, 3.8) is 0 Å². The van der Waals surface area contributed by atoms with Gasteiger partial charge in [-0.15, -0.1) is 0 Å². The summed E-state index contributed by atoms with van der Waals surface area (Å²) in [5.41, 5.74) is 2.99. The molecule has 1 unspecified atom stereocenters. The molecule has 0 amide bonds. The van der Waals surface area contributed by atoms with Crippen LogP contribution in [-0.4, -0.2) is 19.2 Å². The van der Waals surface area contributed by atoms with Gasteiger partial charge >= 0.3 is 0 Å². The van der Waals surface area contributed by atoms with Gasteiger partial charge in [-0.1, -0.05) is 54.9 Å². The molecule has 1 atom stereocenters. The van der Waals surface area contributed by atoms with Crippen LogP contribution in [0.3, 0.4) is 0 Å². The topological polar surface area (TPSA) is 105 Å². The van der Waals surface area contributed by atoms with Crippen molar-refractivity contribution in [2.45, 2.75) is 12.8 Å². The van der Waals surface area contributed by atoms with Gasteiger partial charge in [0.05, 0.1) is 11.4 Å². The summed E-state index contributed by atoms with van der Waals surface area (Å²) in [6, 6.07) is 17.4. The lowest BCUT2D eigenvalue weighted by molar-refractivity contribution is 0.103. The molecule has 3 rings (SSSR count). The molecule has 27 heavy (non-hydrogen) atoms. The van der Waals surface area contributed by atoms with Crippen LogP contribution < -0.4 is 9.86 Å². The molecule has 0 aliphatic heterocycles. The average Bonchev–Trinajstić information content (AvgIpc) is 3.10. The molecule has 6 nitrogen and oxygen atoms in total. The lowest BCUT2D eigenvalue weighted by atomic mass is 9.98. The highest BCUT2D eigenvalue weighted by Gasteiger charge is 2.17. The first kappa shape index (κ1) is 19.2. The van der Waals surface area contributed by atoms with Gasteiger partial charge in [-0.3, -0.25) is 9.52 Å². The van der Waals surface area contributed by atoms with E-state index in [1.165, 1.54) is 6.07 Å².